The highest BCUT2D eigenvalue weighted by atomic mass is 16.5. The summed E-state index contributed by atoms with van der Waals surface area (Å²) in [4.78, 5) is 0. The molecular weight excluding hydrogens is 216 g/mol. The van der Waals surface area contributed by atoms with Crippen LogP contribution < -0.4 is 20.5 Å². The molecule has 3 N–H and O–H groups in total. The fourth-order valence-electron chi connectivity index (χ4n) is 1.51. The zero-order valence-electron chi connectivity index (χ0n) is 10.8. The van der Waals surface area contributed by atoms with Gasteiger partial charge in [-0.15, -0.1) is 0 Å². The van der Waals surface area contributed by atoms with Gasteiger partial charge in [0, 0.05) is 19.6 Å². The molecule has 0 aliphatic rings. The van der Waals surface area contributed by atoms with Gasteiger partial charge in [-0.25, -0.2) is 0 Å². The van der Waals surface area contributed by atoms with E-state index in [1.807, 2.05) is 32.0 Å². The van der Waals surface area contributed by atoms with Gasteiger partial charge < -0.3 is 20.5 Å². The number of ether oxygens (including phenoxy) is 2. The van der Waals surface area contributed by atoms with Crippen LogP contribution >= 0.6 is 0 Å². The first-order valence-electron chi connectivity index (χ1n) is 5.91. The summed E-state index contributed by atoms with van der Waals surface area (Å²) in [5, 5.41) is 3.24. The van der Waals surface area contributed by atoms with Crippen LogP contribution in [0.15, 0.2) is 18.2 Å². The number of nitrogens with one attached hydrogen (secondary N) is 1. The first-order chi connectivity index (χ1) is 8.17. The van der Waals surface area contributed by atoms with E-state index in [0.717, 1.165) is 30.2 Å². The van der Waals surface area contributed by atoms with Crippen LogP contribution in [-0.4, -0.2) is 26.3 Å². The number of nitrogens with two attached hydrogens (primary N) is 1. The molecular formula is C13H22N2O2. The predicted molar refractivity (Wildman–Crippen MR) is 69.5 cm³/mol. The van der Waals surface area contributed by atoms with Crippen molar-refractivity contribution in [3.05, 3.63) is 23.8 Å². The van der Waals surface area contributed by atoms with E-state index in [1.165, 1.54) is 0 Å². The summed E-state index contributed by atoms with van der Waals surface area (Å²) in [5.41, 5.74) is 6.58. The molecule has 0 bridgehead atoms. The summed E-state index contributed by atoms with van der Waals surface area (Å²) in [6.45, 7) is 6.24. The second-order valence-electron chi connectivity index (χ2n) is 4.12. The van der Waals surface area contributed by atoms with Gasteiger partial charge >= 0.3 is 0 Å². The molecule has 0 amide bonds. The monoisotopic (exact) mass is 238 g/mol. The van der Waals surface area contributed by atoms with Gasteiger partial charge in [0.2, 0.25) is 0 Å². The summed E-state index contributed by atoms with van der Waals surface area (Å²) in [6, 6.07) is 5.96. The molecule has 1 aromatic carbocycles. The maximum absolute atomic E-state index is 5.65. The Bertz CT molecular complexity index is 340. The molecule has 0 aliphatic carbocycles. The molecule has 0 spiro atoms. The van der Waals surface area contributed by atoms with Crippen molar-refractivity contribution in [2.45, 2.75) is 26.5 Å². The summed E-state index contributed by atoms with van der Waals surface area (Å²) in [6.07, 6.45) is 0.144. The van der Waals surface area contributed by atoms with Gasteiger partial charge in [-0.2, -0.15) is 0 Å². The highest BCUT2D eigenvalue weighted by Crippen LogP contribution is 2.28. The lowest BCUT2D eigenvalue weighted by atomic mass is 10.2. The minimum atomic E-state index is 0.144. The Morgan fingerprint density at radius 1 is 1.29 bits per heavy atom. The second kappa shape index (κ2) is 7.14. The third-order valence-electron chi connectivity index (χ3n) is 2.24. The Morgan fingerprint density at radius 2 is 2.06 bits per heavy atom. The van der Waals surface area contributed by atoms with Crippen molar-refractivity contribution in [2.75, 3.05) is 20.2 Å². The van der Waals surface area contributed by atoms with Gasteiger partial charge in [0.05, 0.1) is 13.2 Å². The van der Waals surface area contributed by atoms with Crippen LogP contribution in [0.1, 0.15) is 19.4 Å². The zero-order valence-corrected chi connectivity index (χ0v) is 10.8. The van der Waals surface area contributed by atoms with E-state index in [4.69, 9.17) is 15.2 Å². The first kappa shape index (κ1) is 13.8. The number of benzene rings is 1. The molecule has 1 aromatic rings. The summed E-state index contributed by atoms with van der Waals surface area (Å²) < 4.78 is 11.0. The minimum absolute atomic E-state index is 0.144. The summed E-state index contributed by atoms with van der Waals surface area (Å²) >= 11 is 0. The van der Waals surface area contributed by atoms with E-state index in [1.54, 1.807) is 7.11 Å². The lowest BCUT2D eigenvalue weighted by molar-refractivity contribution is 0.230. The lowest BCUT2D eigenvalue weighted by Gasteiger charge is -2.14. The molecule has 17 heavy (non-hydrogen) atoms. The molecule has 4 heteroatoms. The van der Waals surface area contributed by atoms with E-state index in [9.17, 15) is 0 Å². The van der Waals surface area contributed by atoms with Crippen LogP contribution in [0.2, 0.25) is 0 Å². The molecule has 0 unspecified atom stereocenters. The van der Waals surface area contributed by atoms with Crippen molar-refractivity contribution in [3.63, 3.8) is 0 Å². The van der Waals surface area contributed by atoms with Gasteiger partial charge in [-0.1, -0.05) is 6.07 Å². The van der Waals surface area contributed by atoms with Gasteiger partial charge in [0.25, 0.3) is 0 Å². The fourth-order valence-corrected chi connectivity index (χ4v) is 1.51. The lowest BCUT2D eigenvalue weighted by Crippen LogP contribution is -2.21. The molecule has 0 saturated carbocycles. The first-order valence-corrected chi connectivity index (χ1v) is 5.91. The van der Waals surface area contributed by atoms with Crippen molar-refractivity contribution in [1.29, 1.82) is 0 Å². The average molecular weight is 238 g/mol. The van der Waals surface area contributed by atoms with E-state index < -0.39 is 0 Å². The maximum Gasteiger partial charge on any atom is 0.161 e. The fraction of sp³-hybridized carbons (Fsp3) is 0.538. The average Bonchev–Trinajstić information content (AvgIpc) is 2.30. The van der Waals surface area contributed by atoms with Crippen molar-refractivity contribution >= 4 is 0 Å². The third-order valence-corrected chi connectivity index (χ3v) is 2.24. The molecule has 4 nitrogen and oxygen atoms in total. The van der Waals surface area contributed by atoms with Gasteiger partial charge in [0.15, 0.2) is 11.5 Å². The van der Waals surface area contributed by atoms with Crippen LogP contribution in [0.25, 0.3) is 0 Å². The van der Waals surface area contributed by atoms with Crippen LogP contribution in [0.5, 0.6) is 11.5 Å². The number of rotatable bonds is 7. The number of hydrogen-bond acceptors (Lipinski definition) is 4. The SMILES string of the molecule is COc1cc(CNCCN)ccc1OC(C)C. The van der Waals surface area contributed by atoms with Crippen molar-refractivity contribution in [3.8, 4) is 11.5 Å². The number of methoxy groups -OCH3 is 1. The molecule has 0 atom stereocenters. The smallest absolute Gasteiger partial charge is 0.161 e. The van der Waals surface area contributed by atoms with Gasteiger partial charge in [-0.05, 0) is 31.5 Å². The second-order valence-corrected chi connectivity index (χ2v) is 4.12. The Hall–Kier alpha value is -1.26. The van der Waals surface area contributed by atoms with E-state index in [0.29, 0.717) is 6.54 Å². The van der Waals surface area contributed by atoms with Crippen molar-refractivity contribution < 1.29 is 9.47 Å². The molecule has 0 radical (unpaired) electrons. The Labute approximate surface area is 103 Å². The quantitative estimate of drug-likeness (QED) is 0.707. The topological polar surface area (TPSA) is 56.5 Å². The maximum atomic E-state index is 5.65. The molecule has 96 valence electrons. The van der Waals surface area contributed by atoms with Crippen LogP contribution in [0.4, 0.5) is 0 Å². The van der Waals surface area contributed by atoms with Gasteiger partial charge in [0.1, 0.15) is 0 Å². The summed E-state index contributed by atoms with van der Waals surface area (Å²) in [7, 11) is 1.65. The van der Waals surface area contributed by atoms with E-state index in [2.05, 4.69) is 5.32 Å². The van der Waals surface area contributed by atoms with Crippen molar-refractivity contribution in [2.24, 2.45) is 5.73 Å². The highest BCUT2D eigenvalue weighted by Gasteiger charge is 2.07. The Balaban J connectivity index is 2.70. The third kappa shape index (κ3) is 4.63. The normalized spacial score (nSPS) is 10.6. The molecule has 1 rings (SSSR count). The molecule has 0 saturated heterocycles. The van der Waals surface area contributed by atoms with Crippen LogP contribution in [0.3, 0.4) is 0 Å². The van der Waals surface area contributed by atoms with Crippen LogP contribution in [-0.2, 0) is 6.54 Å². The predicted octanol–water partition coefficient (Wildman–Crippen LogP) is 1.53. The molecule has 0 aliphatic heterocycles. The molecule has 0 fully saturated rings. The van der Waals surface area contributed by atoms with E-state index >= 15 is 0 Å². The zero-order chi connectivity index (χ0) is 12.7. The largest absolute Gasteiger partial charge is 0.493 e. The standard InChI is InChI=1S/C13H22N2O2/c1-10(2)17-12-5-4-11(8-13(12)16-3)9-15-7-6-14/h4-5,8,10,15H,6-7,9,14H2,1-3H3. The van der Waals surface area contributed by atoms with Gasteiger partial charge in [-0.3, -0.25) is 0 Å². The van der Waals surface area contributed by atoms with E-state index in [-0.39, 0.29) is 6.10 Å². The molecule has 0 aromatic heterocycles. The van der Waals surface area contributed by atoms with Crippen molar-refractivity contribution in [1.82, 2.24) is 5.32 Å². The van der Waals surface area contributed by atoms with Crippen LogP contribution in [0, 0.1) is 0 Å². The minimum Gasteiger partial charge on any atom is -0.493 e. The molecule has 0 heterocycles. The Kier molecular flexibility index (Phi) is 5.80. The highest BCUT2D eigenvalue weighted by molar-refractivity contribution is 5.43. The summed E-state index contributed by atoms with van der Waals surface area (Å²) in [5.74, 6) is 1.55. The Morgan fingerprint density at radius 3 is 2.65 bits per heavy atom. The number of hydrogen-bond donors (Lipinski definition) is 2.